The Morgan fingerprint density at radius 3 is 0.342 bits per heavy atom. The van der Waals surface area contributed by atoms with E-state index in [1.54, 1.807) is 0 Å². The Bertz CT molecular complexity index is 7290. The van der Waals surface area contributed by atoms with Crippen molar-refractivity contribution in [3.8, 4) is 66.8 Å². The van der Waals surface area contributed by atoms with Crippen LogP contribution < -0.4 is 0 Å². The van der Waals surface area contributed by atoms with Crippen LogP contribution in [-0.4, -0.2) is 0 Å². The first-order chi connectivity index (χ1) is 56.5. The molecule has 0 saturated heterocycles. The Labute approximate surface area is 656 Å². The lowest BCUT2D eigenvalue weighted by Gasteiger charge is -2.29. The summed E-state index contributed by atoms with van der Waals surface area (Å²) in [6.07, 6.45) is 0. The second kappa shape index (κ2) is 24.3. The largest absolute Gasteiger partial charge is 0.0616 e. The Morgan fingerprint density at radius 2 is 0.193 bits per heavy atom. The van der Waals surface area contributed by atoms with Gasteiger partial charge >= 0.3 is 0 Å². The van der Waals surface area contributed by atoms with E-state index < -0.39 is 0 Å². The summed E-state index contributed by atoms with van der Waals surface area (Å²) < 4.78 is 0. The van der Waals surface area contributed by atoms with Crippen LogP contribution in [0, 0.1) is 0 Å². The normalized spacial score (nSPS) is 12.2. The maximum Gasteiger partial charge on any atom is -0.00136 e. The second-order valence-electron chi connectivity index (χ2n) is 31.5. The summed E-state index contributed by atoms with van der Waals surface area (Å²) in [5.74, 6) is 0. The van der Waals surface area contributed by atoms with Gasteiger partial charge in [-0.15, -0.1) is 0 Å². The molecule has 0 aliphatic rings. The number of benzene rings is 25. The maximum absolute atomic E-state index is 2.53. The SMILES string of the molecule is c1ccc2c(c1)ccc1c3ccc(-c4c(-c5ccc6c(ccc7c8ccccc8ccc67)c5)c(-c5ccc6c(ccc7c8ccccc8ccc67)c5)c(-c5ccc6c(ccc7c8ccccc8ccc67)c5)c(-c5ccc6c(ccc7c8ccccc8ccc67)c5)c4-c4ccc5c(ccc6c7ccccc7ccc56)c4)cc3ccc21. The molecule has 0 spiro atoms. The highest BCUT2D eigenvalue weighted by molar-refractivity contribution is 6.27. The van der Waals surface area contributed by atoms with Gasteiger partial charge in [-0.05, 0) is 297 Å². The average molecular weight is 1440 g/mol. The summed E-state index contributed by atoms with van der Waals surface area (Å²) in [4.78, 5) is 0. The standard InChI is InChI=1S/C114H66/c1-7-19-85-67(13-1)25-49-103-91-43-37-79(61-73(91)31-55-97(85)103)109-110(80-38-44-92-74(62-80)32-56-98-86-20-8-2-14-68(86)26-50-104(92)98)112(82-40-46-94-76(64-82)34-58-100-88-22-10-4-16-70(88)28-52-106(94)100)114(84-42-48-96-78(66-84)36-60-102-90-24-12-6-18-72(90)30-54-108(96)102)113(83-41-47-95-77(65-83)35-59-101-89-23-11-5-17-71(89)29-53-107(95)101)111(109)81-39-45-93-75(63-81)33-57-99-87-21-9-3-15-69(87)27-51-105(93)99/h1-66H. The molecule has 0 heterocycles. The highest BCUT2D eigenvalue weighted by atomic mass is 14.3. The van der Waals surface area contributed by atoms with E-state index in [9.17, 15) is 0 Å². The molecule has 0 bridgehead atoms. The first kappa shape index (κ1) is 63.0. The van der Waals surface area contributed by atoms with Gasteiger partial charge in [0.05, 0.1) is 0 Å². The molecule has 0 unspecified atom stereocenters. The lowest BCUT2D eigenvalue weighted by molar-refractivity contribution is 1.54. The smallest absolute Gasteiger partial charge is 0.00136 e. The molecule has 25 aromatic rings. The van der Waals surface area contributed by atoms with E-state index in [2.05, 4.69) is 400 Å². The second-order valence-corrected chi connectivity index (χ2v) is 31.5. The lowest BCUT2D eigenvalue weighted by Crippen LogP contribution is -2.03. The third-order valence-corrected chi connectivity index (χ3v) is 25.7. The van der Waals surface area contributed by atoms with Gasteiger partial charge in [0, 0.05) is 0 Å². The van der Waals surface area contributed by atoms with Gasteiger partial charge in [0.15, 0.2) is 0 Å². The van der Waals surface area contributed by atoms with E-state index >= 15 is 0 Å². The molecule has 0 atom stereocenters. The topological polar surface area (TPSA) is 0 Å². The van der Waals surface area contributed by atoms with Crippen LogP contribution in [0.4, 0.5) is 0 Å². The molecular formula is C114H66. The molecule has 0 fully saturated rings. The van der Waals surface area contributed by atoms with E-state index in [1.807, 2.05) is 0 Å². The Hall–Kier alpha value is -14.8. The molecule has 0 nitrogen and oxygen atoms in total. The van der Waals surface area contributed by atoms with Gasteiger partial charge in [-0.3, -0.25) is 0 Å². The molecule has 0 aliphatic carbocycles. The fourth-order valence-corrected chi connectivity index (χ4v) is 20.4. The number of fused-ring (bicyclic) bond motifs is 30. The van der Waals surface area contributed by atoms with Gasteiger partial charge in [-0.1, -0.05) is 364 Å². The Morgan fingerprint density at radius 1 is 0.0789 bits per heavy atom. The van der Waals surface area contributed by atoms with Crippen LogP contribution >= 0.6 is 0 Å². The fraction of sp³-hybridized carbons (Fsp3) is 0. The van der Waals surface area contributed by atoms with Crippen molar-refractivity contribution >= 4 is 194 Å². The minimum atomic E-state index is 1.13. The van der Waals surface area contributed by atoms with Gasteiger partial charge in [0.1, 0.15) is 0 Å². The summed E-state index contributed by atoms with van der Waals surface area (Å²) in [6, 6.07) is 154. The van der Waals surface area contributed by atoms with E-state index in [4.69, 9.17) is 0 Å². The minimum absolute atomic E-state index is 1.13. The molecule has 0 aromatic heterocycles. The van der Waals surface area contributed by atoms with E-state index in [-0.39, 0.29) is 0 Å². The van der Waals surface area contributed by atoms with Crippen LogP contribution in [0.1, 0.15) is 0 Å². The highest BCUT2D eigenvalue weighted by Gasteiger charge is 2.31. The summed E-state index contributed by atoms with van der Waals surface area (Å²) >= 11 is 0. The van der Waals surface area contributed by atoms with E-state index in [0.29, 0.717) is 0 Å². The predicted octanol–water partition coefficient (Wildman–Crippen LogP) is 32.4. The third-order valence-electron chi connectivity index (χ3n) is 25.7. The zero-order valence-electron chi connectivity index (χ0n) is 62.1. The Balaban J connectivity index is 0.883. The summed E-state index contributed by atoms with van der Waals surface area (Å²) in [5, 5.41) is 44.3. The molecule has 25 aromatic carbocycles. The Kier molecular flexibility index (Phi) is 13.5. The van der Waals surface area contributed by atoms with Crippen molar-refractivity contribution in [2.75, 3.05) is 0 Å². The maximum atomic E-state index is 2.53. The van der Waals surface area contributed by atoms with Gasteiger partial charge in [-0.25, -0.2) is 0 Å². The fourth-order valence-electron chi connectivity index (χ4n) is 20.4. The predicted molar refractivity (Wildman–Crippen MR) is 494 cm³/mol. The van der Waals surface area contributed by atoms with Gasteiger partial charge in [-0.2, -0.15) is 0 Å². The monoisotopic (exact) mass is 1430 g/mol. The van der Waals surface area contributed by atoms with Crippen molar-refractivity contribution in [3.63, 3.8) is 0 Å². The van der Waals surface area contributed by atoms with Crippen molar-refractivity contribution in [2.24, 2.45) is 0 Å². The van der Waals surface area contributed by atoms with Crippen LogP contribution in [0.2, 0.25) is 0 Å². The molecule has 0 amide bonds. The number of rotatable bonds is 6. The molecule has 522 valence electrons. The number of hydrogen-bond acceptors (Lipinski definition) is 0. The van der Waals surface area contributed by atoms with Crippen molar-refractivity contribution < 1.29 is 0 Å². The first-order valence-electron chi connectivity index (χ1n) is 39.8. The van der Waals surface area contributed by atoms with Crippen LogP contribution in [0.3, 0.4) is 0 Å². The number of hydrogen-bond donors (Lipinski definition) is 0. The molecule has 25 rings (SSSR count). The lowest BCUT2D eigenvalue weighted by atomic mass is 9.73. The van der Waals surface area contributed by atoms with E-state index in [0.717, 1.165) is 66.8 Å². The zero-order valence-corrected chi connectivity index (χ0v) is 62.1. The van der Waals surface area contributed by atoms with Crippen LogP contribution in [0.25, 0.3) is 261 Å². The van der Waals surface area contributed by atoms with Crippen molar-refractivity contribution in [1.29, 1.82) is 0 Å². The summed E-state index contributed by atoms with van der Waals surface area (Å²) in [5.41, 5.74) is 13.8. The van der Waals surface area contributed by atoms with Crippen molar-refractivity contribution in [1.82, 2.24) is 0 Å². The van der Waals surface area contributed by atoms with Crippen molar-refractivity contribution in [2.45, 2.75) is 0 Å². The van der Waals surface area contributed by atoms with Crippen LogP contribution in [0.5, 0.6) is 0 Å². The molecule has 0 N–H and O–H groups in total. The average Bonchev–Trinajstić information content (AvgIpc) is 0.703. The molecular weight excluding hydrogens is 1370 g/mol. The van der Waals surface area contributed by atoms with Crippen LogP contribution in [-0.2, 0) is 0 Å². The first-order valence-corrected chi connectivity index (χ1v) is 39.8. The summed E-state index contributed by atoms with van der Waals surface area (Å²) in [7, 11) is 0. The highest BCUT2D eigenvalue weighted by Crippen LogP contribution is 2.59. The minimum Gasteiger partial charge on any atom is -0.0616 e. The molecule has 0 heteroatoms. The van der Waals surface area contributed by atoms with Gasteiger partial charge in [0.2, 0.25) is 0 Å². The van der Waals surface area contributed by atoms with Gasteiger partial charge < -0.3 is 0 Å². The molecule has 114 heavy (non-hydrogen) atoms. The van der Waals surface area contributed by atoms with Gasteiger partial charge in [0.25, 0.3) is 0 Å². The quantitative estimate of drug-likeness (QED) is 0.146. The zero-order chi connectivity index (χ0) is 74.4. The van der Waals surface area contributed by atoms with E-state index in [1.165, 1.54) is 194 Å². The molecule has 0 radical (unpaired) electrons. The molecule has 0 aliphatic heterocycles. The summed E-state index contributed by atoms with van der Waals surface area (Å²) in [6.45, 7) is 0. The van der Waals surface area contributed by atoms with Crippen molar-refractivity contribution in [3.05, 3.63) is 400 Å². The third kappa shape index (κ3) is 9.40. The van der Waals surface area contributed by atoms with Crippen LogP contribution in [0.15, 0.2) is 400 Å². The molecule has 0 saturated carbocycles.